The maximum atomic E-state index is 14.7. The van der Waals surface area contributed by atoms with Crippen LogP contribution < -0.4 is 0 Å². The molecule has 2 saturated heterocycles. The number of ether oxygens (including phenoxy) is 4. The van der Waals surface area contributed by atoms with E-state index in [0.29, 0.717) is 34.8 Å². The number of hydrogen-bond donors (Lipinski definition) is 0. The van der Waals surface area contributed by atoms with Gasteiger partial charge >= 0.3 is 0 Å². The van der Waals surface area contributed by atoms with Crippen molar-refractivity contribution in [1.82, 2.24) is 14.5 Å². The Morgan fingerprint density at radius 3 is 2.75 bits per heavy atom. The van der Waals surface area contributed by atoms with Crippen LogP contribution in [0.25, 0.3) is 11.0 Å². The maximum Gasteiger partial charge on any atom is 0.164 e. The summed E-state index contributed by atoms with van der Waals surface area (Å²) >= 11 is 12.3. The van der Waals surface area contributed by atoms with Crippen molar-refractivity contribution in [2.75, 3.05) is 6.61 Å². The highest BCUT2D eigenvalue weighted by atomic mass is 35.5. The van der Waals surface area contributed by atoms with Crippen molar-refractivity contribution in [3.05, 3.63) is 57.8 Å². The zero-order chi connectivity index (χ0) is 22.2. The van der Waals surface area contributed by atoms with Crippen LogP contribution in [0.5, 0.6) is 0 Å². The minimum absolute atomic E-state index is 0.101. The summed E-state index contributed by atoms with van der Waals surface area (Å²) in [6.07, 6.45) is 1.25. The molecule has 3 aliphatic rings. The summed E-state index contributed by atoms with van der Waals surface area (Å²) < 4.78 is 41.7. The highest BCUT2D eigenvalue weighted by Crippen LogP contribution is 2.49. The van der Waals surface area contributed by atoms with Gasteiger partial charge in [0.2, 0.25) is 0 Å². The van der Waals surface area contributed by atoms with Crippen molar-refractivity contribution in [1.29, 1.82) is 0 Å². The number of nitrogens with zero attached hydrogens (tertiary/aromatic N) is 3. The first-order chi connectivity index (χ1) is 15.3. The van der Waals surface area contributed by atoms with Gasteiger partial charge in [0.25, 0.3) is 0 Å². The van der Waals surface area contributed by atoms with Gasteiger partial charge in [-0.2, -0.15) is 0 Å². The SMILES string of the molecule is CC1(C)O[C@@H]2[C@H](O1)C([C@@H]1OCCc3c1ccc(Cl)c3F)O[C@H]2n1ccc2c(Cl)ncnc21. The average Bonchev–Trinajstić information content (AvgIpc) is 3.42. The molecular weight excluding hydrogens is 460 g/mol. The normalized spacial score (nSPS) is 31.1. The van der Waals surface area contributed by atoms with Crippen LogP contribution in [0, 0.1) is 5.82 Å². The quantitative estimate of drug-likeness (QED) is 0.500. The first-order valence-electron chi connectivity index (χ1n) is 10.4. The third kappa shape index (κ3) is 3.09. The Hall–Kier alpha value is -1.81. The highest BCUT2D eigenvalue weighted by Gasteiger charge is 2.59. The molecule has 2 fully saturated rings. The Morgan fingerprint density at radius 2 is 1.91 bits per heavy atom. The molecule has 0 saturated carbocycles. The van der Waals surface area contributed by atoms with Crippen molar-refractivity contribution in [2.24, 2.45) is 0 Å². The lowest BCUT2D eigenvalue weighted by Gasteiger charge is -2.33. The molecular formula is C22H20Cl2FN3O4. The molecule has 1 unspecified atom stereocenters. The molecule has 6 rings (SSSR count). The molecule has 0 N–H and O–H groups in total. The van der Waals surface area contributed by atoms with Gasteiger partial charge in [0, 0.05) is 6.20 Å². The molecule has 168 valence electrons. The van der Waals surface area contributed by atoms with Gasteiger partial charge in [0.05, 0.1) is 17.0 Å². The summed E-state index contributed by atoms with van der Waals surface area (Å²) in [6.45, 7) is 4.08. The third-order valence-electron chi connectivity index (χ3n) is 6.29. The molecule has 3 aliphatic heterocycles. The van der Waals surface area contributed by atoms with Crippen molar-refractivity contribution in [3.63, 3.8) is 0 Å². The molecule has 32 heavy (non-hydrogen) atoms. The lowest BCUT2D eigenvalue weighted by atomic mass is 9.91. The van der Waals surface area contributed by atoms with E-state index < -0.39 is 42.2 Å². The standard InChI is InChI=1S/C22H20Cl2FN3O4/c1-22(2)31-17-16(15-11-3-4-13(23)14(25)10(11)6-8-29-15)30-21(18(17)32-22)28-7-5-12-19(24)26-9-27-20(12)28/h3-5,7,9,15-18,21H,6,8H2,1-2H3/t15-,16?,17-,18-,21-/m1/s1. The molecule has 3 aromatic rings. The number of hydrogen-bond acceptors (Lipinski definition) is 6. The smallest absolute Gasteiger partial charge is 0.164 e. The lowest BCUT2D eigenvalue weighted by molar-refractivity contribution is -0.212. The maximum absolute atomic E-state index is 14.7. The first kappa shape index (κ1) is 20.8. The number of aromatic nitrogens is 3. The van der Waals surface area contributed by atoms with Crippen LogP contribution in [0.15, 0.2) is 30.7 Å². The van der Waals surface area contributed by atoms with E-state index in [1.807, 2.05) is 30.7 Å². The van der Waals surface area contributed by atoms with Gasteiger partial charge in [0.1, 0.15) is 47.4 Å². The van der Waals surface area contributed by atoms with E-state index in [-0.39, 0.29) is 5.02 Å². The molecule has 0 radical (unpaired) electrons. The Bertz CT molecular complexity index is 1220. The summed E-state index contributed by atoms with van der Waals surface area (Å²) in [4.78, 5) is 8.43. The Kier molecular flexibility index (Phi) is 4.77. The van der Waals surface area contributed by atoms with Gasteiger partial charge in [-0.05, 0) is 43.5 Å². The number of rotatable bonds is 2. The number of fused-ring (bicyclic) bond motifs is 3. The number of halogens is 3. The van der Waals surface area contributed by atoms with Crippen LogP contribution in [0.2, 0.25) is 10.2 Å². The second-order valence-electron chi connectivity index (χ2n) is 8.65. The molecule has 5 atom stereocenters. The van der Waals surface area contributed by atoms with Gasteiger partial charge in [0.15, 0.2) is 12.0 Å². The molecule has 0 bridgehead atoms. The minimum atomic E-state index is -0.812. The van der Waals surface area contributed by atoms with Gasteiger partial charge in [-0.1, -0.05) is 29.3 Å². The molecule has 10 heteroatoms. The summed E-state index contributed by atoms with van der Waals surface area (Å²) in [5, 5.41) is 1.18. The minimum Gasteiger partial charge on any atom is -0.370 e. The van der Waals surface area contributed by atoms with E-state index in [1.165, 1.54) is 6.33 Å². The largest absolute Gasteiger partial charge is 0.370 e. The van der Waals surface area contributed by atoms with Crippen molar-refractivity contribution in [3.8, 4) is 0 Å². The summed E-state index contributed by atoms with van der Waals surface area (Å²) in [5.41, 5.74) is 1.91. The fourth-order valence-electron chi connectivity index (χ4n) is 5.00. The molecule has 2 aromatic heterocycles. The summed E-state index contributed by atoms with van der Waals surface area (Å²) in [7, 11) is 0. The van der Waals surface area contributed by atoms with Crippen LogP contribution in [-0.4, -0.2) is 45.2 Å². The third-order valence-corrected chi connectivity index (χ3v) is 6.88. The van der Waals surface area contributed by atoms with Crippen LogP contribution in [0.1, 0.15) is 37.3 Å². The second kappa shape index (κ2) is 7.35. The van der Waals surface area contributed by atoms with Gasteiger partial charge in [-0.25, -0.2) is 14.4 Å². The Labute approximate surface area is 193 Å². The molecule has 1 aromatic carbocycles. The number of benzene rings is 1. The summed E-state index contributed by atoms with van der Waals surface area (Å²) in [5.74, 6) is -1.22. The molecule has 0 aliphatic carbocycles. The van der Waals surface area contributed by atoms with Crippen LogP contribution in [0.4, 0.5) is 4.39 Å². The van der Waals surface area contributed by atoms with Crippen molar-refractivity contribution in [2.45, 2.75) is 56.7 Å². The van der Waals surface area contributed by atoms with E-state index in [9.17, 15) is 4.39 Å². The topological polar surface area (TPSA) is 67.6 Å². The second-order valence-corrected chi connectivity index (χ2v) is 9.42. The average molecular weight is 480 g/mol. The van der Waals surface area contributed by atoms with Crippen molar-refractivity contribution >= 4 is 34.2 Å². The van der Waals surface area contributed by atoms with E-state index >= 15 is 0 Å². The Balaban J connectivity index is 1.43. The highest BCUT2D eigenvalue weighted by molar-refractivity contribution is 6.33. The predicted molar refractivity (Wildman–Crippen MR) is 114 cm³/mol. The fraction of sp³-hybridized carbons (Fsp3) is 0.455. The van der Waals surface area contributed by atoms with Gasteiger partial charge in [-0.3, -0.25) is 0 Å². The van der Waals surface area contributed by atoms with Gasteiger partial charge < -0.3 is 23.5 Å². The molecule has 0 spiro atoms. The monoisotopic (exact) mass is 479 g/mol. The van der Waals surface area contributed by atoms with E-state index in [1.54, 1.807) is 12.1 Å². The molecule has 7 nitrogen and oxygen atoms in total. The zero-order valence-electron chi connectivity index (χ0n) is 17.3. The molecule has 5 heterocycles. The predicted octanol–water partition coefficient (Wildman–Crippen LogP) is 4.61. The summed E-state index contributed by atoms with van der Waals surface area (Å²) in [6, 6.07) is 5.19. The first-order valence-corrected chi connectivity index (χ1v) is 11.2. The van der Waals surface area contributed by atoms with E-state index in [4.69, 9.17) is 42.1 Å². The Morgan fingerprint density at radius 1 is 1.09 bits per heavy atom. The van der Waals surface area contributed by atoms with Gasteiger partial charge in [-0.15, -0.1) is 0 Å². The van der Waals surface area contributed by atoms with Crippen molar-refractivity contribution < 1.29 is 23.3 Å². The molecule has 0 amide bonds. The zero-order valence-corrected chi connectivity index (χ0v) is 18.8. The van der Waals surface area contributed by atoms with Crippen LogP contribution in [0.3, 0.4) is 0 Å². The fourth-order valence-corrected chi connectivity index (χ4v) is 5.37. The van der Waals surface area contributed by atoms with Crippen LogP contribution in [-0.2, 0) is 25.4 Å². The lowest BCUT2D eigenvalue weighted by Crippen LogP contribution is -2.37. The van der Waals surface area contributed by atoms with E-state index in [0.717, 1.165) is 5.56 Å². The van der Waals surface area contributed by atoms with E-state index in [2.05, 4.69) is 9.97 Å². The van der Waals surface area contributed by atoms with Crippen LogP contribution >= 0.6 is 23.2 Å².